The van der Waals surface area contributed by atoms with E-state index in [-0.39, 0.29) is 0 Å². The zero-order valence-corrected chi connectivity index (χ0v) is 14.7. The molecule has 0 saturated carbocycles. The van der Waals surface area contributed by atoms with Crippen molar-refractivity contribution in [2.75, 3.05) is 0 Å². The van der Waals surface area contributed by atoms with Crippen molar-refractivity contribution in [2.24, 2.45) is 5.73 Å². The summed E-state index contributed by atoms with van der Waals surface area (Å²) in [5.41, 5.74) is 9.38. The van der Waals surface area contributed by atoms with Crippen LogP contribution in [0.25, 0.3) is 21.8 Å². The van der Waals surface area contributed by atoms with Crippen LogP contribution in [0.2, 0.25) is 5.02 Å². The Morgan fingerprint density at radius 1 is 1.25 bits per heavy atom. The molecule has 2 aromatic heterocycles. The van der Waals surface area contributed by atoms with Gasteiger partial charge in [0.25, 0.3) is 0 Å². The van der Waals surface area contributed by atoms with Crippen LogP contribution in [-0.4, -0.2) is 15.9 Å². The predicted molar refractivity (Wildman–Crippen MR) is 98.3 cm³/mol. The summed E-state index contributed by atoms with van der Waals surface area (Å²) >= 11 is 7.56. The van der Waals surface area contributed by atoms with Gasteiger partial charge in [0.1, 0.15) is 5.01 Å². The van der Waals surface area contributed by atoms with Crippen molar-refractivity contribution < 1.29 is 4.79 Å². The number of pyridine rings is 1. The molecule has 0 aliphatic rings. The van der Waals surface area contributed by atoms with Gasteiger partial charge in [-0.15, -0.1) is 11.3 Å². The number of carbonyl (C=O) groups is 1. The largest absolute Gasteiger partial charge is 0.366 e. The zero-order valence-electron chi connectivity index (χ0n) is 13.1. The molecule has 0 radical (unpaired) electrons. The van der Waals surface area contributed by atoms with E-state index < -0.39 is 5.91 Å². The molecule has 4 nitrogen and oxygen atoms in total. The van der Waals surface area contributed by atoms with Crippen LogP contribution in [-0.2, 0) is 6.42 Å². The van der Waals surface area contributed by atoms with Crippen LogP contribution in [0.5, 0.6) is 0 Å². The van der Waals surface area contributed by atoms with Gasteiger partial charge in [0, 0.05) is 28.4 Å². The van der Waals surface area contributed by atoms with Gasteiger partial charge in [0.15, 0.2) is 0 Å². The fourth-order valence-corrected chi connectivity index (χ4v) is 3.45. The van der Waals surface area contributed by atoms with E-state index in [0.717, 1.165) is 40.4 Å². The second kappa shape index (κ2) is 7.11. The average Bonchev–Trinajstić information content (AvgIpc) is 3.06. The van der Waals surface area contributed by atoms with Crippen molar-refractivity contribution in [2.45, 2.75) is 19.8 Å². The van der Waals surface area contributed by atoms with Gasteiger partial charge in [-0.1, -0.05) is 31.0 Å². The standard InChI is InChI=1S/C18H16ClN3OS/c1-2-3-13-8-12(6-7-21-13)18-22-16(10-24-18)11-4-5-15(19)14(9-11)17(20)23/h4-10H,2-3H2,1H3,(H2,20,23). The maximum Gasteiger partial charge on any atom is 0.250 e. The van der Waals surface area contributed by atoms with Crippen molar-refractivity contribution in [3.63, 3.8) is 0 Å². The Labute approximate surface area is 149 Å². The van der Waals surface area contributed by atoms with E-state index in [1.807, 2.05) is 23.7 Å². The average molecular weight is 358 g/mol. The highest BCUT2D eigenvalue weighted by atomic mass is 35.5. The van der Waals surface area contributed by atoms with Gasteiger partial charge < -0.3 is 5.73 Å². The van der Waals surface area contributed by atoms with E-state index in [0.29, 0.717) is 10.6 Å². The first-order valence-electron chi connectivity index (χ1n) is 7.59. The van der Waals surface area contributed by atoms with Crippen molar-refractivity contribution in [1.82, 2.24) is 9.97 Å². The van der Waals surface area contributed by atoms with Crippen LogP contribution >= 0.6 is 22.9 Å². The number of hydrogen-bond acceptors (Lipinski definition) is 4. The minimum Gasteiger partial charge on any atom is -0.366 e. The van der Waals surface area contributed by atoms with E-state index in [1.165, 1.54) is 0 Å². The summed E-state index contributed by atoms with van der Waals surface area (Å²) < 4.78 is 0. The number of nitrogens with two attached hydrogens (primary N) is 1. The van der Waals surface area contributed by atoms with Crippen LogP contribution in [0, 0.1) is 0 Å². The number of carbonyl (C=O) groups excluding carboxylic acids is 1. The molecular weight excluding hydrogens is 342 g/mol. The number of nitrogens with zero attached hydrogens (tertiary/aromatic N) is 2. The molecule has 0 atom stereocenters. The van der Waals surface area contributed by atoms with Gasteiger partial charge >= 0.3 is 0 Å². The van der Waals surface area contributed by atoms with Crippen LogP contribution in [0.15, 0.2) is 41.9 Å². The third-order valence-electron chi connectivity index (χ3n) is 3.60. The summed E-state index contributed by atoms with van der Waals surface area (Å²) in [6, 6.07) is 9.21. The van der Waals surface area contributed by atoms with Gasteiger partial charge in [0.2, 0.25) is 5.91 Å². The molecule has 0 bridgehead atoms. The lowest BCUT2D eigenvalue weighted by Crippen LogP contribution is -2.11. The molecule has 2 heterocycles. The number of halogens is 1. The molecule has 1 amide bonds. The molecule has 6 heteroatoms. The highest BCUT2D eigenvalue weighted by Gasteiger charge is 2.12. The summed E-state index contributed by atoms with van der Waals surface area (Å²) in [4.78, 5) is 20.5. The molecule has 24 heavy (non-hydrogen) atoms. The first-order chi connectivity index (χ1) is 11.6. The number of aryl methyl sites for hydroxylation is 1. The smallest absolute Gasteiger partial charge is 0.250 e. The number of amides is 1. The molecule has 0 aliphatic heterocycles. The third kappa shape index (κ3) is 3.47. The number of thiazole rings is 1. The number of aromatic nitrogens is 2. The fraction of sp³-hybridized carbons (Fsp3) is 0.167. The monoisotopic (exact) mass is 357 g/mol. The molecule has 3 aromatic rings. The normalized spacial score (nSPS) is 10.8. The van der Waals surface area contributed by atoms with Crippen LogP contribution in [0.1, 0.15) is 29.4 Å². The van der Waals surface area contributed by atoms with Gasteiger partial charge in [-0.2, -0.15) is 0 Å². The molecule has 0 aliphatic carbocycles. The van der Waals surface area contributed by atoms with Crippen molar-refractivity contribution >= 4 is 28.8 Å². The second-order valence-corrected chi connectivity index (χ2v) is 6.65. The maximum absolute atomic E-state index is 11.4. The van der Waals surface area contributed by atoms with Crippen LogP contribution in [0.4, 0.5) is 0 Å². The lowest BCUT2D eigenvalue weighted by Gasteiger charge is -2.03. The highest BCUT2D eigenvalue weighted by molar-refractivity contribution is 7.13. The third-order valence-corrected chi connectivity index (χ3v) is 4.82. The molecular formula is C18H16ClN3OS. The minimum absolute atomic E-state index is 0.304. The van der Waals surface area contributed by atoms with E-state index in [4.69, 9.17) is 17.3 Å². The predicted octanol–water partition coefficient (Wildman–Crippen LogP) is 4.58. The Balaban J connectivity index is 1.95. The lowest BCUT2D eigenvalue weighted by atomic mass is 10.1. The lowest BCUT2D eigenvalue weighted by molar-refractivity contribution is 0.100. The van der Waals surface area contributed by atoms with Crippen molar-refractivity contribution in [3.05, 3.63) is 58.2 Å². The number of rotatable bonds is 5. The molecule has 0 unspecified atom stereocenters. The second-order valence-electron chi connectivity index (χ2n) is 5.38. The summed E-state index contributed by atoms with van der Waals surface area (Å²) in [5, 5.41) is 3.23. The van der Waals surface area contributed by atoms with Crippen LogP contribution in [0.3, 0.4) is 0 Å². The van der Waals surface area contributed by atoms with E-state index >= 15 is 0 Å². The fourth-order valence-electron chi connectivity index (χ4n) is 2.42. The van der Waals surface area contributed by atoms with Crippen molar-refractivity contribution in [3.8, 4) is 21.8 Å². The number of primary amides is 1. The number of benzene rings is 1. The molecule has 2 N–H and O–H groups in total. The molecule has 0 fully saturated rings. The summed E-state index contributed by atoms with van der Waals surface area (Å²) in [7, 11) is 0. The summed E-state index contributed by atoms with van der Waals surface area (Å²) in [6.07, 6.45) is 3.82. The van der Waals surface area contributed by atoms with Gasteiger partial charge in [-0.25, -0.2) is 4.98 Å². The van der Waals surface area contributed by atoms with E-state index in [9.17, 15) is 4.79 Å². The Morgan fingerprint density at radius 2 is 2.08 bits per heavy atom. The first-order valence-corrected chi connectivity index (χ1v) is 8.84. The van der Waals surface area contributed by atoms with Crippen molar-refractivity contribution in [1.29, 1.82) is 0 Å². The molecule has 0 saturated heterocycles. The first kappa shape index (κ1) is 16.6. The van der Waals surface area contributed by atoms with E-state index in [1.54, 1.807) is 23.5 Å². The molecule has 1 aromatic carbocycles. The zero-order chi connectivity index (χ0) is 17.1. The Kier molecular flexibility index (Phi) is 4.92. The topological polar surface area (TPSA) is 68.9 Å². The minimum atomic E-state index is -0.546. The summed E-state index contributed by atoms with van der Waals surface area (Å²) in [5.74, 6) is -0.546. The number of hydrogen-bond donors (Lipinski definition) is 1. The highest BCUT2D eigenvalue weighted by Crippen LogP contribution is 2.30. The van der Waals surface area contributed by atoms with Gasteiger partial charge in [-0.3, -0.25) is 9.78 Å². The Bertz CT molecular complexity index is 891. The Morgan fingerprint density at radius 3 is 2.83 bits per heavy atom. The molecule has 3 rings (SSSR count). The SMILES string of the molecule is CCCc1cc(-c2nc(-c3ccc(Cl)c(C(N)=O)c3)cs2)ccn1. The van der Waals surface area contributed by atoms with Gasteiger partial charge in [-0.05, 0) is 30.7 Å². The summed E-state index contributed by atoms with van der Waals surface area (Å²) in [6.45, 7) is 2.13. The van der Waals surface area contributed by atoms with E-state index in [2.05, 4.69) is 23.0 Å². The van der Waals surface area contributed by atoms with Crippen LogP contribution < -0.4 is 5.73 Å². The Hall–Kier alpha value is -2.24. The van der Waals surface area contributed by atoms with Gasteiger partial charge in [0.05, 0.1) is 16.3 Å². The molecule has 0 spiro atoms. The quantitative estimate of drug-likeness (QED) is 0.726. The molecule has 122 valence electrons. The maximum atomic E-state index is 11.4.